The third kappa shape index (κ3) is 3.39. The zero-order valence-electron chi connectivity index (χ0n) is 19.4. The minimum absolute atomic E-state index is 0.503. The zero-order chi connectivity index (χ0) is 23.9. The Kier molecular flexibility index (Phi) is 4.74. The normalized spacial score (nSPS) is 11.3. The lowest BCUT2D eigenvalue weighted by molar-refractivity contribution is 0.432. The first-order valence-electron chi connectivity index (χ1n) is 11.9. The maximum atomic E-state index is 5.65. The molecule has 5 aromatic carbocycles. The summed E-state index contributed by atoms with van der Waals surface area (Å²) >= 11 is 0. The van der Waals surface area contributed by atoms with Crippen molar-refractivity contribution in [3.8, 4) is 39.7 Å². The van der Waals surface area contributed by atoms with Crippen molar-refractivity contribution in [3.05, 3.63) is 127 Å². The highest BCUT2D eigenvalue weighted by molar-refractivity contribution is 6.10. The quantitative estimate of drug-likeness (QED) is 0.264. The molecule has 0 N–H and O–H groups in total. The second-order valence-corrected chi connectivity index (χ2v) is 8.79. The van der Waals surface area contributed by atoms with Gasteiger partial charge in [0, 0.05) is 27.6 Å². The summed E-state index contributed by atoms with van der Waals surface area (Å²) < 4.78 is 7.95. The summed E-state index contributed by atoms with van der Waals surface area (Å²) in [5.41, 5.74) is 7.59. The Labute approximate surface area is 208 Å². The minimum Gasteiger partial charge on any atom is -0.334 e. The molecule has 7 aromatic rings. The fourth-order valence-electron chi connectivity index (χ4n) is 4.88. The van der Waals surface area contributed by atoms with Crippen LogP contribution < -0.4 is 0 Å². The van der Waals surface area contributed by atoms with Crippen LogP contribution in [-0.2, 0) is 0 Å². The molecule has 0 atom stereocenters. The molecule has 0 saturated carbocycles. The summed E-state index contributed by atoms with van der Waals surface area (Å²) in [5, 5.41) is 6.65. The van der Waals surface area contributed by atoms with Crippen molar-refractivity contribution in [2.24, 2.45) is 0 Å². The van der Waals surface area contributed by atoms with Crippen molar-refractivity contribution >= 4 is 21.8 Å². The zero-order valence-corrected chi connectivity index (χ0v) is 19.4. The van der Waals surface area contributed by atoms with Gasteiger partial charge in [0.1, 0.15) is 0 Å². The Hall–Kier alpha value is -4.96. The standard InChI is InChI=1S/C32H21N3O/c1-3-10-22(11-4-1)24-18-19-30-28(21-24)27-16-7-8-17-29(27)35(30)26-15-9-14-25(20-26)32-33-31(34-36-32)23-12-5-2-6-13-23/h1-21H. The Morgan fingerprint density at radius 3 is 2.03 bits per heavy atom. The minimum atomic E-state index is 0.503. The number of aromatic nitrogens is 3. The first kappa shape index (κ1) is 20.4. The molecule has 36 heavy (non-hydrogen) atoms. The van der Waals surface area contributed by atoms with Gasteiger partial charge in [-0.05, 0) is 47.5 Å². The van der Waals surface area contributed by atoms with Gasteiger partial charge in [0.25, 0.3) is 5.89 Å². The molecule has 0 aliphatic heterocycles. The van der Waals surface area contributed by atoms with E-state index in [9.17, 15) is 0 Å². The molecule has 2 aromatic heterocycles. The van der Waals surface area contributed by atoms with E-state index in [4.69, 9.17) is 4.52 Å². The summed E-state index contributed by atoms with van der Waals surface area (Å²) in [6.07, 6.45) is 0. The first-order chi connectivity index (χ1) is 17.8. The smallest absolute Gasteiger partial charge is 0.258 e. The van der Waals surface area contributed by atoms with Gasteiger partial charge in [-0.15, -0.1) is 0 Å². The highest BCUT2D eigenvalue weighted by Crippen LogP contribution is 2.35. The molecule has 0 aliphatic carbocycles. The molecular weight excluding hydrogens is 442 g/mol. The summed E-state index contributed by atoms with van der Waals surface area (Å²) in [6.45, 7) is 0. The molecule has 170 valence electrons. The highest BCUT2D eigenvalue weighted by atomic mass is 16.5. The molecule has 0 saturated heterocycles. The van der Waals surface area contributed by atoms with Crippen LogP contribution in [0, 0.1) is 0 Å². The van der Waals surface area contributed by atoms with Crippen LogP contribution in [-0.4, -0.2) is 14.7 Å². The Morgan fingerprint density at radius 2 is 1.19 bits per heavy atom. The van der Waals surface area contributed by atoms with Crippen LogP contribution in [0.2, 0.25) is 0 Å². The summed E-state index contributed by atoms with van der Waals surface area (Å²) in [5.74, 6) is 1.09. The second-order valence-electron chi connectivity index (χ2n) is 8.79. The predicted octanol–water partition coefficient (Wildman–Crippen LogP) is 8.17. The molecule has 0 radical (unpaired) electrons. The van der Waals surface area contributed by atoms with E-state index in [1.165, 1.54) is 21.9 Å². The number of hydrogen-bond acceptors (Lipinski definition) is 3. The van der Waals surface area contributed by atoms with E-state index >= 15 is 0 Å². The van der Waals surface area contributed by atoms with Gasteiger partial charge in [0.05, 0.1) is 11.0 Å². The van der Waals surface area contributed by atoms with E-state index in [1.54, 1.807) is 0 Å². The Bertz CT molecular complexity index is 1830. The van der Waals surface area contributed by atoms with Gasteiger partial charge in [-0.1, -0.05) is 96.2 Å². The molecule has 0 aliphatic rings. The lowest BCUT2D eigenvalue weighted by atomic mass is 10.0. The molecule has 0 fully saturated rings. The monoisotopic (exact) mass is 463 g/mol. The maximum Gasteiger partial charge on any atom is 0.258 e. The fourth-order valence-corrected chi connectivity index (χ4v) is 4.88. The highest BCUT2D eigenvalue weighted by Gasteiger charge is 2.15. The van der Waals surface area contributed by atoms with Gasteiger partial charge in [0.15, 0.2) is 0 Å². The second kappa shape index (κ2) is 8.36. The summed E-state index contributed by atoms with van der Waals surface area (Å²) in [7, 11) is 0. The summed E-state index contributed by atoms with van der Waals surface area (Å²) in [6, 6.07) is 43.9. The third-order valence-corrected chi connectivity index (χ3v) is 6.59. The Morgan fingerprint density at radius 1 is 0.500 bits per heavy atom. The molecule has 0 bridgehead atoms. The molecular formula is C32H21N3O. The third-order valence-electron chi connectivity index (χ3n) is 6.59. The number of benzene rings is 5. The largest absolute Gasteiger partial charge is 0.334 e. The van der Waals surface area contributed by atoms with Crippen LogP contribution in [0.3, 0.4) is 0 Å². The van der Waals surface area contributed by atoms with E-state index in [2.05, 4.69) is 93.6 Å². The van der Waals surface area contributed by atoms with E-state index in [1.807, 2.05) is 48.5 Å². The maximum absolute atomic E-state index is 5.65. The average Bonchev–Trinajstić information content (AvgIpc) is 3.58. The SMILES string of the molecule is c1ccc(-c2ccc3c(c2)c2ccccc2n3-c2cccc(-c3nc(-c4ccccc4)no3)c2)cc1. The van der Waals surface area contributed by atoms with Crippen LogP contribution in [0.15, 0.2) is 132 Å². The molecule has 4 heteroatoms. The van der Waals surface area contributed by atoms with Crippen molar-refractivity contribution in [1.29, 1.82) is 0 Å². The van der Waals surface area contributed by atoms with Crippen LogP contribution >= 0.6 is 0 Å². The van der Waals surface area contributed by atoms with Crippen molar-refractivity contribution in [3.63, 3.8) is 0 Å². The van der Waals surface area contributed by atoms with Crippen molar-refractivity contribution in [2.45, 2.75) is 0 Å². The van der Waals surface area contributed by atoms with E-state index in [0.29, 0.717) is 11.7 Å². The van der Waals surface area contributed by atoms with Gasteiger partial charge in [0.2, 0.25) is 5.82 Å². The topological polar surface area (TPSA) is 43.9 Å². The molecule has 0 spiro atoms. The molecule has 2 heterocycles. The number of fused-ring (bicyclic) bond motifs is 3. The van der Waals surface area contributed by atoms with E-state index < -0.39 is 0 Å². The molecule has 0 amide bonds. The first-order valence-corrected chi connectivity index (χ1v) is 11.9. The van der Waals surface area contributed by atoms with Crippen LogP contribution in [0.5, 0.6) is 0 Å². The predicted molar refractivity (Wildman–Crippen MR) is 145 cm³/mol. The fraction of sp³-hybridized carbons (Fsp3) is 0. The van der Waals surface area contributed by atoms with E-state index in [-0.39, 0.29) is 0 Å². The molecule has 4 nitrogen and oxygen atoms in total. The van der Waals surface area contributed by atoms with Crippen LogP contribution in [0.4, 0.5) is 0 Å². The average molecular weight is 464 g/mol. The van der Waals surface area contributed by atoms with Gasteiger partial charge in [-0.2, -0.15) is 4.98 Å². The number of rotatable bonds is 4. The lowest BCUT2D eigenvalue weighted by Gasteiger charge is -2.09. The number of nitrogens with zero attached hydrogens (tertiary/aromatic N) is 3. The van der Waals surface area contributed by atoms with Gasteiger partial charge < -0.3 is 9.09 Å². The van der Waals surface area contributed by atoms with Crippen molar-refractivity contribution in [1.82, 2.24) is 14.7 Å². The molecule has 7 rings (SSSR count). The summed E-state index contributed by atoms with van der Waals surface area (Å²) in [4.78, 5) is 4.66. The van der Waals surface area contributed by atoms with Crippen LogP contribution in [0.25, 0.3) is 61.5 Å². The van der Waals surface area contributed by atoms with Gasteiger partial charge in [-0.25, -0.2) is 0 Å². The Balaban J connectivity index is 1.37. The van der Waals surface area contributed by atoms with Crippen molar-refractivity contribution < 1.29 is 4.52 Å². The van der Waals surface area contributed by atoms with Crippen LogP contribution in [0.1, 0.15) is 0 Å². The lowest BCUT2D eigenvalue weighted by Crippen LogP contribution is -1.94. The van der Waals surface area contributed by atoms with Gasteiger partial charge >= 0.3 is 0 Å². The van der Waals surface area contributed by atoms with Crippen molar-refractivity contribution in [2.75, 3.05) is 0 Å². The van der Waals surface area contributed by atoms with Gasteiger partial charge in [-0.3, -0.25) is 0 Å². The van der Waals surface area contributed by atoms with E-state index in [0.717, 1.165) is 27.8 Å². The molecule has 0 unspecified atom stereocenters. The number of para-hydroxylation sites is 1. The number of hydrogen-bond donors (Lipinski definition) is 0.